The van der Waals surface area contributed by atoms with Gasteiger partial charge in [0.2, 0.25) is 0 Å². The van der Waals surface area contributed by atoms with Crippen LogP contribution in [0.4, 0.5) is 0 Å². The molecule has 0 aromatic rings. The molecule has 96 valence electrons. The summed E-state index contributed by atoms with van der Waals surface area (Å²) >= 11 is 0. The van der Waals surface area contributed by atoms with E-state index in [0.29, 0.717) is 6.04 Å². The molecular weight excluding hydrogens is 212 g/mol. The number of nitriles is 1. The van der Waals surface area contributed by atoms with Crippen molar-refractivity contribution in [3.63, 3.8) is 0 Å². The minimum absolute atomic E-state index is 0.217. The molecule has 1 heterocycles. The Bertz CT molecular complexity index is 337. The minimum Gasteiger partial charge on any atom is -0.367 e. The predicted octanol–water partition coefficient (Wildman–Crippen LogP) is 2.76. The van der Waals surface area contributed by atoms with Crippen LogP contribution in [0.25, 0.3) is 0 Å². The van der Waals surface area contributed by atoms with E-state index in [-0.39, 0.29) is 5.60 Å². The molecule has 1 aliphatic carbocycles. The zero-order chi connectivity index (χ0) is 12.7. The van der Waals surface area contributed by atoms with E-state index >= 15 is 0 Å². The Morgan fingerprint density at radius 2 is 1.76 bits per heavy atom. The minimum atomic E-state index is -0.536. The van der Waals surface area contributed by atoms with Gasteiger partial charge in [0.15, 0.2) is 0 Å². The smallest absolute Gasteiger partial charge is 0.138 e. The van der Waals surface area contributed by atoms with Crippen LogP contribution >= 0.6 is 0 Å². The SMILES string of the molecule is CC1(C)CC(C#N)(NC2CCCC2)C(C)(C)O1. The quantitative estimate of drug-likeness (QED) is 0.802. The van der Waals surface area contributed by atoms with Crippen LogP contribution in [-0.4, -0.2) is 22.8 Å². The standard InChI is InChI=1S/C14H24N2O/c1-12(2)9-14(10-15,13(3,4)17-12)16-11-7-5-6-8-11/h11,16H,5-9H2,1-4H3. The van der Waals surface area contributed by atoms with Crippen LogP contribution in [0.1, 0.15) is 59.8 Å². The molecule has 1 atom stereocenters. The fourth-order valence-electron chi connectivity index (χ4n) is 3.52. The van der Waals surface area contributed by atoms with E-state index in [1.54, 1.807) is 0 Å². The number of hydrogen-bond acceptors (Lipinski definition) is 3. The van der Waals surface area contributed by atoms with Gasteiger partial charge in [-0.1, -0.05) is 12.8 Å². The molecule has 0 aromatic heterocycles. The monoisotopic (exact) mass is 236 g/mol. The number of rotatable bonds is 2. The van der Waals surface area contributed by atoms with E-state index < -0.39 is 11.1 Å². The summed E-state index contributed by atoms with van der Waals surface area (Å²) in [7, 11) is 0. The maximum absolute atomic E-state index is 9.65. The Morgan fingerprint density at radius 3 is 2.18 bits per heavy atom. The van der Waals surface area contributed by atoms with E-state index in [2.05, 4.69) is 25.2 Å². The van der Waals surface area contributed by atoms with Crippen molar-refractivity contribution >= 4 is 0 Å². The summed E-state index contributed by atoms with van der Waals surface area (Å²) in [5.74, 6) is 0. The van der Waals surface area contributed by atoms with Gasteiger partial charge in [0.1, 0.15) is 5.54 Å². The maximum Gasteiger partial charge on any atom is 0.138 e. The lowest BCUT2D eigenvalue weighted by Crippen LogP contribution is -2.59. The van der Waals surface area contributed by atoms with Gasteiger partial charge in [-0.15, -0.1) is 0 Å². The zero-order valence-electron chi connectivity index (χ0n) is 11.5. The van der Waals surface area contributed by atoms with Gasteiger partial charge < -0.3 is 4.74 Å². The van der Waals surface area contributed by atoms with Gasteiger partial charge in [0, 0.05) is 12.5 Å². The topological polar surface area (TPSA) is 45.0 Å². The van der Waals surface area contributed by atoms with Gasteiger partial charge in [-0.05, 0) is 40.5 Å². The molecule has 1 saturated carbocycles. The maximum atomic E-state index is 9.65. The van der Waals surface area contributed by atoms with Crippen molar-refractivity contribution in [3.05, 3.63) is 0 Å². The van der Waals surface area contributed by atoms with Crippen molar-refractivity contribution in [1.29, 1.82) is 5.26 Å². The third-order valence-corrected chi connectivity index (χ3v) is 4.25. The highest BCUT2D eigenvalue weighted by Crippen LogP contribution is 2.45. The summed E-state index contributed by atoms with van der Waals surface area (Å²) in [5, 5.41) is 13.3. The summed E-state index contributed by atoms with van der Waals surface area (Å²) < 4.78 is 6.07. The summed E-state index contributed by atoms with van der Waals surface area (Å²) in [4.78, 5) is 0. The molecule has 3 heteroatoms. The van der Waals surface area contributed by atoms with E-state index in [1.807, 2.05) is 13.8 Å². The third-order valence-electron chi connectivity index (χ3n) is 4.25. The molecule has 0 aromatic carbocycles. The predicted molar refractivity (Wildman–Crippen MR) is 67.6 cm³/mol. The number of ether oxygens (including phenoxy) is 1. The molecule has 0 radical (unpaired) electrons. The Hall–Kier alpha value is -0.590. The lowest BCUT2D eigenvalue weighted by Gasteiger charge is -2.36. The van der Waals surface area contributed by atoms with Crippen molar-refractivity contribution in [2.75, 3.05) is 0 Å². The Labute approximate surface area is 105 Å². The molecule has 1 aliphatic heterocycles. The highest BCUT2D eigenvalue weighted by molar-refractivity contribution is 5.23. The lowest BCUT2D eigenvalue weighted by molar-refractivity contribution is -0.0775. The molecule has 2 rings (SSSR count). The van der Waals surface area contributed by atoms with Crippen LogP contribution in [0.5, 0.6) is 0 Å². The lowest BCUT2D eigenvalue weighted by atomic mass is 9.79. The second-order valence-electron chi connectivity index (χ2n) is 6.69. The van der Waals surface area contributed by atoms with Gasteiger partial charge >= 0.3 is 0 Å². The molecule has 3 nitrogen and oxygen atoms in total. The molecule has 1 N–H and O–H groups in total. The number of hydrogen-bond donors (Lipinski definition) is 1. The van der Waals surface area contributed by atoms with Crippen LogP contribution in [0.15, 0.2) is 0 Å². The second-order valence-corrected chi connectivity index (χ2v) is 6.69. The first-order valence-corrected chi connectivity index (χ1v) is 6.69. The summed E-state index contributed by atoms with van der Waals surface area (Å²) in [5.41, 5.74) is -1.18. The number of nitrogens with one attached hydrogen (secondary N) is 1. The van der Waals surface area contributed by atoms with Crippen LogP contribution < -0.4 is 5.32 Å². The summed E-state index contributed by atoms with van der Waals surface area (Å²) in [6.45, 7) is 8.22. The number of nitrogens with zero attached hydrogens (tertiary/aromatic N) is 1. The molecule has 0 spiro atoms. The van der Waals surface area contributed by atoms with Crippen LogP contribution in [-0.2, 0) is 4.74 Å². The average molecular weight is 236 g/mol. The van der Waals surface area contributed by atoms with Crippen molar-refractivity contribution in [1.82, 2.24) is 5.32 Å². The molecule has 0 amide bonds. The molecule has 0 bridgehead atoms. The molecule has 2 fully saturated rings. The fourth-order valence-corrected chi connectivity index (χ4v) is 3.52. The third kappa shape index (κ3) is 2.21. The molecular formula is C14H24N2O. The largest absolute Gasteiger partial charge is 0.367 e. The normalized spacial score (nSPS) is 35.9. The Morgan fingerprint density at radius 1 is 1.18 bits per heavy atom. The van der Waals surface area contributed by atoms with E-state index in [1.165, 1.54) is 25.7 Å². The summed E-state index contributed by atoms with van der Waals surface area (Å²) in [6, 6.07) is 3.01. The highest BCUT2D eigenvalue weighted by Gasteiger charge is 2.58. The first kappa shape index (κ1) is 12.9. The van der Waals surface area contributed by atoms with Crippen LogP contribution in [0, 0.1) is 11.3 Å². The van der Waals surface area contributed by atoms with Crippen molar-refractivity contribution < 1.29 is 4.74 Å². The van der Waals surface area contributed by atoms with Gasteiger partial charge in [0.25, 0.3) is 0 Å². The van der Waals surface area contributed by atoms with Crippen molar-refractivity contribution in [2.24, 2.45) is 0 Å². The molecule has 17 heavy (non-hydrogen) atoms. The summed E-state index contributed by atoms with van der Waals surface area (Å²) in [6.07, 6.45) is 5.72. The van der Waals surface area contributed by atoms with Crippen LogP contribution in [0.2, 0.25) is 0 Å². The Balaban J connectivity index is 2.21. The molecule has 1 saturated heterocycles. The first-order chi connectivity index (χ1) is 7.80. The average Bonchev–Trinajstić information content (AvgIpc) is 2.71. The van der Waals surface area contributed by atoms with Crippen molar-refractivity contribution in [3.8, 4) is 6.07 Å². The van der Waals surface area contributed by atoms with Crippen LogP contribution in [0.3, 0.4) is 0 Å². The van der Waals surface area contributed by atoms with Gasteiger partial charge in [0.05, 0.1) is 17.3 Å². The molecule has 1 unspecified atom stereocenters. The van der Waals surface area contributed by atoms with E-state index in [0.717, 1.165) is 6.42 Å². The molecule has 2 aliphatic rings. The Kier molecular flexibility index (Phi) is 3.00. The first-order valence-electron chi connectivity index (χ1n) is 6.69. The fraction of sp³-hybridized carbons (Fsp3) is 0.929. The van der Waals surface area contributed by atoms with Gasteiger partial charge in [-0.2, -0.15) is 5.26 Å². The van der Waals surface area contributed by atoms with E-state index in [9.17, 15) is 5.26 Å². The van der Waals surface area contributed by atoms with E-state index in [4.69, 9.17) is 4.74 Å². The van der Waals surface area contributed by atoms with Gasteiger partial charge in [-0.25, -0.2) is 0 Å². The highest BCUT2D eigenvalue weighted by atomic mass is 16.5. The van der Waals surface area contributed by atoms with Crippen molar-refractivity contribution in [2.45, 2.75) is 82.6 Å². The second kappa shape index (κ2) is 3.96. The zero-order valence-corrected chi connectivity index (χ0v) is 11.5. The van der Waals surface area contributed by atoms with Gasteiger partial charge in [-0.3, -0.25) is 5.32 Å².